The van der Waals surface area contributed by atoms with Crippen LogP contribution in [0.2, 0.25) is 0 Å². The van der Waals surface area contributed by atoms with Crippen LogP contribution in [0.5, 0.6) is 0 Å². The monoisotopic (exact) mass is 350 g/mol. The molecule has 2 aliphatic rings. The van der Waals surface area contributed by atoms with Gasteiger partial charge in [0, 0.05) is 12.1 Å². The van der Waals surface area contributed by atoms with Gasteiger partial charge in [-0.05, 0) is 49.3 Å². The van der Waals surface area contributed by atoms with Gasteiger partial charge in [-0.3, -0.25) is 9.59 Å². The molecule has 2 amide bonds. The van der Waals surface area contributed by atoms with Crippen molar-refractivity contribution in [3.8, 4) is 11.8 Å². The summed E-state index contributed by atoms with van der Waals surface area (Å²) in [5.74, 6) is 3.41. The Balaban J connectivity index is 1.66. The summed E-state index contributed by atoms with van der Waals surface area (Å²) >= 11 is 0. The number of fused-ring (bicyclic) bond motifs is 1. The van der Waals surface area contributed by atoms with E-state index in [1.165, 1.54) is 0 Å². The second kappa shape index (κ2) is 6.10. The lowest BCUT2D eigenvalue weighted by Gasteiger charge is -2.20. The molecule has 3 rings (SSSR count). The lowest BCUT2D eigenvalue weighted by Crippen LogP contribution is -2.27. The number of carbonyl (C=O) groups is 2. The van der Waals surface area contributed by atoms with Crippen LogP contribution in [0.25, 0.3) is 0 Å². The van der Waals surface area contributed by atoms with Gasteiger partial charge in [0.25, 0.3) is 5.91 Å². The van der Waals surface area contributed by atoms with Crippen LogP contribution < -0.4 is 10.6 Å². The zero-order valence-electron chi connectivity index (χ0n) is 13.6. The number of benzene rings is 1. The molecule has 1 atom stereocenters. The first-order valence-electron chi connectivity index (χ1n) is 8.03. The summed E-state index contributed by atoms with van der Waals surface area (Å²) in [6.07, 6.45) is -3.48. The molecule has 1 aliphatic heterocycles. The number of rotatable bonds is 2. The fourth-order valence-corrected chi connectivity index (χ4v) is 2.77. The second-order valence-electron chi connectivity index (χ2n) is 6.49. The minimum atomic E-state index is -4.39. The molecule has 0 spiro atoms. The van der Waals surface area contributed by atoms with E-state index in [9.17, 15) is 22.8 Å². The first-order valence-corrected chi connectivity index (χ1v) is 8.03. The zero-order valence-corrected chi connectivity index (χ0v) is 13.6. The predicted molar refractivity (Wildman–Crippen MR) is 85.4 cm³/mol. The highest BCUT2D eigenvalue weighted by atomic mass is 19.4. The highest BCUT2D eigenvalue weighted by molar-refractivity contribution is 5.94. The molecule has 0 aromatic heterocycles. The number of carbonyl (C=O) groups excluding carboxylic acids is 2. The van der Waals surface area contributed by atoms with Crippen molar-refractivity contribution in [3.63, 3.8) is 0 Å². The van der Waals surface area contributed by atoms with Crippen LogP contribution in [0.4, 0.5) is 18.9 Å². The van der Waals surface area contributed by atoms with Crippen LogP contribution in [-0.2, 0) is 16.0 Å². The minimum absolute atomic E-state index is 0.0319. The Morgan fingerprint density at radius 3 is 2.68 bits per heavy atom. The van der Waals surface area contributed by atoms with Crippen LogP contribution in [-0.4, -0.2) is 18.0 Å². The molecule has 7 heteroatoms. The van der Waals surface area contributed by atoms with Crippen molar-refractivity contribution in [2.24, 2.45) is 5.41 Å². The van der Waals surface area contributed by atoms with E-state index < -0.39 is 23.5 Å². The van der Waals surface area contributed by atoms with Gasteiger partial charge in [0.1, 0.15) is 5.41 Å². The Morgan fingerprint density at radius 1 is 1.32 bits per heavy atom. The molecule has 4 nitrogen and oxygen atoms in total. The van der Waals surface area contributed by atoms with E-state index in [1.54, 1.807) is 19.1 Å². The Hall–Kier alpha value is -2.49. The summed E-state index contributed by atoms with van der Waals surface area (Å²) in [6, 6.07) is 5.01. The molecule has 1 aliphatic carbocycles. The molecule has 1 unspecified atom stereocenters. The van der Waals surface area contributed by atoms with Crippen LogP contribution in [0, 0.1) is 17.3 Å². The van der Waals surface area contributed by atoms with E-state index in [1.807, 2.05) is 6.07 Å². The third-order valence-corrected chi connectivity index (χ3v) is 4.58. The fraction of sp³-hybridized carbons (Fsp3) is 0.444. The molecule has 0 radical (unpaired) electrons. The maximum Gasteiger partial charge on any atom is 0.405 e. The van der Waals surface area contributed by atoms with Gasteiger partial charge in [0.2, 0.25) is 5.91 Å². The maximum absolute atomic E-state index is 12.8. The molecule has 132 valence electrons. The van der Waals surface area contributed by atoms with Gasteiger partial charge in [0.05, 0.1) is 6.04 Å². The topological polar surface area (TPSA) is 58.2 Å². The summed E-state index contributed by atoms with van der Waals surface area (Å²) in [5, 5.41) is 5.37. The second-order valence-corrected chi connectivity index (χ2v) is 6.49. The third-order valence-electron chi connectivity index (χ3n) is 4.58. The number of halogens is 3. The molecule has 1 fully saturated rings. The minimum Gasteiger partial charge on any atom is -0.339 e. The van der Waals surface area contributed by atoms with E-state index >= 15 is 0 Å². The van der Waals surface area contributed by atoms with Crippen LogP contribution in [0.1, 0.15) is 43.4 Å². The molecule has 2 N–H and O–H groups in total. The van der Waals surface area contributed by atoms with Crippen LogP contribution >= 0.6 is 0 Å². The van der Waals surface area contributed by atoms with Crippen molar-refractivity contribution in [1.29, 1.82) is 0 Å². The average molecular weight is 350 g/mol. The average Bonchev–Trinajstić information content (AvgIpc) is 3.33. The van der Waals surface area contributed by atoms with Gasteiger partial charge >= 0.3 is 6.18 Å². The van der Waals surface area contributed by atoms with Crippen molar-refractivity contribution < 1.29 is 22.8 Å². The number of amides is 2. The first kappa shape index (κ1) is 17.3. The van der Waals surface area contributed by atoms with E-state index in [0.717, 1.165) is 16.8 Å². The van der Waals surface area contributed by atoms with Crippen LogP contribution in [0.15, 0.2) is 18.2 Å². The van der Waals surface area contributed by atoms with E-state index in [-0.39, 0.29) is 18.7 Å². The molecule has 1 saturated carbocycles. The molecule has 1 aromatic carbocycles. The maximum atomic E-state index is 12.8. The molecule has 1 aromatic rings. The quantitative estimate of drug-likeness (QED) is 0.806. The van der Waals surface area contributed by atoms with Crippen molar-refractivity contribution in [3.05, 3.63) is 29.3 Å². The molecular formula is C18H17F3N2O2. The van der Waals surface area contributed by atoms with Gasteiger partial charge in [0.15, 0.2) is 0 Å². The Labute approximate surface area is 143 Å². The van der Waals surface area contributed by atoms with Gasteiger partial charge < -0.3 is 10.6 Å². The Bertz CT molecular complexity index is 786. The number of nitrogens with one attached hydrogen (secondary N) is 2. The first-order chi connectivity index (χ1) is 11.7. The highest BCUT2D eigenvalue weighted by Crippen LogP contribution is 2.57. The summed E-state index contributed by atoms with van der Waals surface area (Å²) in [4.78, 5) is 23.2. The number of alkyl halides is 3. The predicted octanol–water partition coefficient (Wildman–Crippen LogP) is 3.09. The lowest BCUT2D eigenvalue weighted by atomic mass is 9.98. The molecule has 0 bridgehead atoms. The van der Waals surface area contributed by atoms with Gasteiger partial charge in [-0.15, -0.1) is 0 Å². The van der Waals surface area contributed by atoms with Crippen molar-refractivity contribution in [2.75, 3.05) is 5.32 Å². The van der Waals surface area contributed by atoms with Gasteiger partial charge in [-0.2, -0.15) is 13.2 Å². The number of hydrogen-bond donors (Lipinski definition) is 2. The Morgan fingerprint density at radius 2 is 2.04 bits per heavy atom. The zero-order chi connectivity index (χ0) is 18.2. The Kier molecular flexibility index (Phi) is 4.23. The van der Waals surface area contributed by atoms with Crippen LogP contribution in [0.3, 0.4) is 0 Å². The number of aryl methyl sites for hydroxylation is 1. The standard InChI is InChI=1S/C18H17F3N2O2/c1-11(12-2-4-14-13(10-12)3-5-15(24)23-14)22-16(25)6-7-17(8-9-17)18(19,20)21/h2,4,10-11H,3,5,8-9H2,1H3,(H,22,25)(H,23,24). The normalized spacial score (nSPS) is 19.0. The van der Waals surface area contributed by atoms with Crippen molar-refractivity contribution in [2.45, 2.75) is 44.8 Å². The molecule has 0 saturated heterocycles. The van der Waals surface area contributed by atoms with Gasteiger partial charge in [-0.1, -0.05) is 18.1 Å². The number of hydrogen-bond acceptors (Lipinski definition) is 2. The van der Waals surface area contributed by atoms with Gasteiger partial charge in [-0.25, -0.2) is 0 Å². The highest BCUT2D eigenvalue weighted by Gasteiger charge is 2.62. The summed E-state index contributed by atoms with van der Waals surface area (Å²) in [6.45, 7) is 1.74. The SMILES string of the molecule is CC(NC(=O)C#CC1(C(F)(F)F)CC1)c1ccc2c(c1)CCC(=O)N2. The molecule has 1 heterocycles. The van der Waals surface area contributed by atoms with Crippen molar-refractivity contribution >= 4 is 17.5 Å². The van der Waals surface area contributed by atoms with Crippen molar-refractivity contribution in [1.82, 2.24) is 5.32 Å². The molecule has 25 heavy (non-hydrogen) atoms. The van der Waals surface area contributed by atoms with E-state index in [0.29, 0.717) is 12.8 Å². The van der Waals surface area contributed by atoms with E-state index in [4.69, 9.17) is 0 Å². The smallest absolute Gasteiger partial charge is 0.339 e. The fourth-order valence-electron chi connectivity index (χ4n) is 2.77. The third kappa shape index (κ3) is 3.63. The largest absolute Gasteiger partial charge is 0.405 e. The number of anilines is 1. The van der Waals surface area contributed by atoms with E-state index in [2.05, 4.69) is 22.5 Å². The summed E-state index contributed by atoms with van der Waals surface area (Å²) in [5.41, 5.74) is 0.525. The summed E-state index contributed by atoms with van der Waals surface area (Å²) < 4.78 is 38.4. The lowest BCUT2D eigenvalue weighted by molar-refractivity contribution is -0.168. The summed E-state index contributed by atoms with van der Waals surface area (Å²) in [7, 11) is 0. The molecular weight excluding hydrogens is 333 g/mol.